The van der Waals surface area contributed by atoms with Crippen molar-refractivity contribution in [2.45, 2.75) is 18.4 Å². The number of hydrazone groups is 1. The van der Waals surface area contributed by atoms with Crippen LogP contribution in [0.1, 0.15) is 22.3 Å². The van der Waals surface area contributed by atoms with Gasteiger partial charge in [0.2, 0.25) is 0 Å². The van der Waals surface area contributed by atoms with E-state index in [9.17, 15) is 13.4 Å². The van der Waals surface area contributed by atoms with E-state index >= 15 is 0 Å². The van der Waals surface area contributed by atoms with E-state index in [-0.39, 0.29) is 4.90 Å². The van der Waals surface area contributed by atoms with Crippen molar-refractivity contribution in [3.05, 3.63) is 58.7 Å². The summed E-state index contributed by atoms with van der Waals surface area (Å²) in [7, 11) is -2.91. The van der Waals surface area contributed by atoms with Crippen molar-refractivity contribution in [3.63, 3.8) is 0 Å². The lowest BCUT2D eigenvalue weighted by Gasteiger charge is -2.13. The molecule has 0 radical (unpaired) electrons. The van der Waals surface area contributed by atoms with Gasteiger partial charge in [0.05, 0.1) is 12.8 Å². The molecular weight excluding hydrogens is 353 g/mol. The van der Waals surface area contributed by atoms with Gasteiger partial charge in [-0.15, -0.1) is 4.40 Å². The van der Waals surface area contributed by atoms with E-state index in [0.29, 0.717) is 18.0 Å². The highest BCUT2D eigenvalue weighted by Gasteiger charge is 2.31. The maximum Gasteiger partial charge on any atom is 0.491 e. The van der Waals surface area contributed by atoms with Gasteiger partial charge in [0.15, 0.2) is 5.84 Å². The predicted molar refractivity (Wildman–Crippen MR) is 99.1 cm³/mol. The quantitative estimate of drug-likeness (QED) is 0.476. The molecule has 0 atom stereocenters. The third kappa shape index (κ3) is 2.84. The largest absolute Gasteiger partial charge is 0.491 e. The topological polar surface area (TPSA) is 91.6 Å². The molecule has 9 heteroatoms. The first-order valence-corrected chi connectivity index (χ1v) is 9.45. The lowest BCUT2D eigenvalue weighted by Crippen LogP contribution is -2.27. The normalized spacial score (nSPS) is 17.3. The summed E-state index contributed by atoms with van der Waals surface area (Å²) in [6.07, 6.45) is 1.62. The highest BCUT2D eigenvalue weighted by atomic mass is 32.2. The Labute approximate surface area is 151 Å². The number of fused-ring (bicyclic) bond motifs is 2. The number of sulfonamides is 1. The Hall–Kier alpha value is -2.49. The first kappa shape index (κ1) is 17.0. The van der Waals surface area contributed by atoms with Crippen LogP contribution in [0, 0.1) is 6.92 Å². The van der Waals surface area contributed by atoms with E-state index in [1.165, 1.54) is 5.01 Å². The molecule has 2 aliphatic rings. The monoisotopic (exact) mass is 369 g/mol. The van der Waals surface area contributed by atoms with Gasteiger partial charge in [-0.3, -0.25) is 0 Å². The third-order valence-corrected chi connectivity index (χ3v) is 5.70. The summed E-state index contributed by atoms with van der Waals surface area (Å²) in [6, 6.07) is 10.6. The molecule has 7 nitrogen and oxygen atoms in total. The fourth-order valence-corrected chi connectivity index (χ4v) is 4.24. The number of amidine groups is 1. The first-order valence-electron chi connectivity index (χ1n) is 8.01. The Bertz CT molecular complexity index is 1070. The molecule has 2 aromatic rings. The molecule has 0 saturated carbocycles. The SMILES string of the molecule is Cc1ccc2c(c1)C(N(C)/N=C/c1ccc3c(c1)COB3O)=NS2(=O)=O. The van der Waals surface area contributed by atoms with Gasteiger partial charge in [-0.05, 0) is 41.7 Å². The van der Waals surface area contributed by atoms with E-state index in [4.69, 9.17) is 4.65 Å². The zero-order valence-electron chi connectivity index (χ0n) is 14.2. The van der Waals surface area contributed by atoms with Gasteiger partial charge in [-0.1, -0.05) is 23.8 Å². The Morgan fingerprint density at radius 3 is 2.92 bits per heavy atom. The molecule has 0 bridgehead atoms. The van der Waals surface area contributed by atoms with Gasteiger partial charge in [0.25, 0.3) is 10.0 Å². The van der Waals surface area contributed by atoms with Crippen LogP contribution in [0.4, 0.5) is 0 Å². The van der Waals surface area contributed by atoms with E-state index in [1.807, 2.05) is 19.1 Å². The Morgan fingerprint density at radius 2 is 2.12 bits per heavy atom. The van der Waals surface area contributed by atoms with E-state index in [0.717, 1.165) is 22.2 Å². The summed E-state index contributed by atoms with van der Waals surface area (Å²) in [5.74, 6) is 0.292. The van der Waals surface area contributed by atoms with Crippen LogP contribution < -0.4 is 5.46 Å². The molecule has 0 aromatic heterocycles. The minimum atomic E-state index is -3.69. The predicted octanol–water partition coefficient (Wildman–Crippen LogP) is 0.628. The Morgan fingerprint density at radius 1 is 1.31 bits per heavy atom. The second-order valence-corrected chi connectivity index (χ2v) is 7.85. The van der Waals surface area contributed by atoms with Crippen LogP contribution in [0.25, 0.3) is 0 Å². The molecule has 1 N–H and O–H groups in total. The zero-order chi connectivity index (χ0) is 18.5. The molecule has 26 heavy (non-hydrogen) atoms. The van der Waals surface area contributed by atoms with Crippen molar-refractivity contribution in [1.29, 1.82) is 0 Å². The lowest BCUT2D eigenvalue weighted by atomic mass is 9.79. The minimum absolute atomic E-state index is 0.198. The summed E-state index contributed by atoms with van der Waals surface area (Å²) in [4.78, 5) is 0.198. The number of aryl methyl sites for hydroxylation is 1. The zero-order valence-corrected chi connectivity index (χ0v) is 15.1. The summed E-state index contributed by atoms with van der Waals surface area (Å²) in [5.41, 5.74) is 3.98. The maximum absolute atomic E-state index is 12.2. The minimum Gasteiger partial charge on any atom is -0.423 e. The van der Waals surface area contributed by atoms with Crippen LogP contribution in [0.5, 0.6) is 0 Å². The van der Waals surface area contributed by atoms with Crippen molar-refractivity contribution in [1.82, 2.24) is 5.01 Å². The molecular formula is C17H16BN3O4S. The summed E-state index contributed by atoms with van der Waals surface area (Å²) < 4.78 is 33.4. The van der Waals surface area contributed by atoms with Crippen molar-refractivity contribution >= 4 is 34.7 Å². The van der Waals surface area contributed by atoms with Gasteiger partial charge < -0.3 is 9.68 Å². The van der Waals surface area contributed by atoms with E-state index in [1.54, 1.807) is 37.5 Å². The van der Waals surface area contributed by atoms with Gasteiger partial charge in [0.1, 0.15) is 4.90 Å². The molecule has 132 valence electrons. The van der Waals surface area contributed by atoms with Crippen molar-refractivity contribution in [2.75, 3.05) is 7.05 Å². The van der Waals surface area contributed by atoms with E-state index < -0.39 is 17.1 Å². The second kappa shape index (κ2) is 6.05. The summed E-state index contributed by atoms with van der Waals surface area (Å²) in [6.45, 7) is 2.25. The highest BCUT2D eigenvalue weighted by Crippen LogP contribution is 2.28. The molecule has 0 amide bonds. The van der Waals surface area contributed by atoms with Crippen LogP contribution in [-0.2, 0) is 21.3 Å². The molecule has 0 fully saturated rings. The van der Waals surface area contributed by atoms with Crippen LogP contribution in [-0.4, -0.2) is 44.7 Å². The smallest absolute Gasteiger partial charge is 0.423 e. The average Bonchev–Trinajstić information content (AvgIpc) is 3.10. The van der Waals surface area contributed by atoms with E-state index in [2.05, 4.69) is 9.50 Å². The molecule has 0 saturated heterocycles. The highest BCUT2D eigenvalue weighted by molar-refractivity contribution is 7.90. The standard InChI is InChI=1S/C17H16BN3O4S/c1-11-3-6-16-14(7-11)17(20-26(16,23)24)21(2)19-9-12-4-5-15-13(8-12)10-25-18(15)22/h3-9,22H,10H2,1-2H3/b19-9+. The number of hydrogen-bond acceptors (Lipinski definition) is 6. The number of hydrogen-bond donors (Lipinski definition) is 1. The fraction of sp³-hybridized carbons (Fsp3) is 0.176. The summed E-state index contributed by atoms with van der Waals surface area (Å²) >= 11 is 0. The number of nitrogens with zero attached hydrogens (tertiary/aromatic N) is 3. The van der Waals surface area contributed by atoms with Crippen molar-refractivity contribution in [3.8, 4) is 0 Å². The van der Waals surface area contributed by atoms with Crippen LogP contribution in [0.15, 0.2) is 50.8 Å². The van der Waals surface area contributed by atoms with Gasteiger partial charge in [-0.25, -0.2) is 5.01 Å². The first-order chi connectivity index (χ1) is 12.3. The molecule has 0 aliphatic carbocycles. The van der Waals surface area contributed by atoms with Crippen LogP contribution in [0.3, 0.4) is 0 Å². The van der Waals surface area contributed by atoms with Gasteiger partial charge in [-0.2, -0.15) is 13.5 Å². The van der Waals surface area contributed by atoms with Crippen molar-refractivity contribution < 1.29 is 18.1 Å². The molecule has 2 aromatic carbocycles. The third-order valence-electron chi connectivity index (χ3n) is 4.38. The maximum atomic E-state index is 12.2. The Kier molecular flexibility index (Phi) is 3.94. The van der Waals surface area contributed by atoms with Crippen LogP contribution >= 0.6 is 0 Å². The molecule has 0 unspecified atom stereocenters. The molecule has 2 aliphatic heterocycles. The van der Waals surface area contributed by atoms with Crippen LogP contribution in [0.2, 0.25) is 0 Å². The van der Waals surface area contributed by atoms with Gasteiger partial charge >= 0.3 is 7.12 Å². The molecule has 2 heterocycles. The average molecular weight is 369 g/mol. The lowest BCUT2D eigenvalue weighted by molar-refractivity contribution is 0.275. The summed E-state index contributed by atoms with van der Waals surface area (Å²) in [5, 5.41) is 15.4. The number of rotatable bonds is 2. The van der Waals surface area contributed by atoms with Crippen molar-refractivity contribution in [2.24, 2.45) is 9.50 Å². The molecule has 4 rings (SSSR count). The second-order valence-electron chi connectivity index (χ2n) is 6.28. The fourth-order valence-electron chi connectivity index (χ4n) is 3.03. The molecule has 0 spiro atoms. The Balaban J connectivity index is 1.63. The van der Waals surface area contributed by atoms with Gasteiger partial charge in [0, 0.05) is 12.6 Å². The number of benzene rings is 2.